The van der Waals surface area contributed by atoms with Crippen molar-refractivity contribution in [2.45, 2.75) is 39.4 Å². The number of hydrogen-bond acceptors (Lipinski definition) is 5. The van der Waals surface area contributed by atoms with Gasteiger partial charge in [-0.25, -0.2) is 9.59 Å². The van der Waals surface area contributed by atoms with Gasteiger partial charge in [0.25, 0.3) is 0 Å². The molecule has 1 aliphatic heterocycles. The van der Waals surface area contributed by atoms with E-state index in [0.717, 1.165) is 29.0 Å². The number of methoxy groups -OCH3 is 1. The van der Waals surface area contributed by atoms with Gasteiger partial charge < -0.3 is 15.0 Å². The number of halogens is 3. The number of carbonyl (C=O) groups is 2. The van der Waals surface area contributed by atoms with Crippen molar-refractivity contribution in [2.24, 2.45) is 5.73 Å². The summed E-state index contributed by atoms with van der Waals surface area (Å²) in [6, 6.07) is 8.72. The van der Waals surface area contributed by atoms with Gasteiger partial charge in [0, 0.05) is 17.8 Å². The topological polar surface area (TPSA) is 124 Å². The number of esters is 1. The highest BCUT2D eigenvalue weighted by Crippen LogP contribution is 2.42. The third kappa shape index (κ3) is 7.24. The van der Waals surface area contributed by atoms with Crippen molar-refractivity contribution in [1.82, 2.24) is 4.90 Å². The van der Waals surface area contributed by atoms with Crippen LogP contribution >= 0.6 is 0 Å². The first-order valence-electron chi connectivity index (χ1n) is 12.9. The molecule has 9 nitrogen and oxygen atoms in total. The van der Waals surface area contributed by atoms with Gasteiger partial charge in [0.1, 0.15) is 6.04 Å². The van der Waals surface area contributed by atoms with Crippen molar-refractivity contribution in [3.8, 4) is 6.07 Å². The quantitative estimate of drug-likeness (QED) is 0.364. The predicted molar refractivity (Wildman–Crippen MR) is 150 cm³/mol. The summed E-state index contributed by atoms with van der Waals surface area (Å²) in [4.78, 5) is 27.9. The van der Waals surface area contributed by atoms with E-state index in [1.165, 1.54) is 25.1 Å². The maximum Gasteiger partial charge on any atom is 0.416 e. The van der Waals surface area contributed by atoms with Crippen LogP contribution in [-0.4, -0.2) is 62.1 Å². The van der Waals surface area contributed by atoms with Crippen LogP contribution in [0.1, 0.15) is 49.1 Å². The second-order valence-corrected chi connectivity index (χ2v) is 10.1. The third-order valence-electron chi connectivity index (χ3n) is 6.39. The molecule has 0 radical (unpaired) electrons. The van der Waals surface area contributed by atoms with Crippen LogP contribution in [0.25, 0.3) is 0 Å². The Morgan fingerprint density at radius 2 is 1.78 bits per heavy atom. The first kappa shape index (κ1) is 32.8. The molecular formula is C29H36F3N6O3+. The number of primary amides is 1. The highest BCUT2D eigenvalue weighted by molar-refractivity contribution is 6.10. The minimum Gasteiger partial charge on any atom is -0.466 e. The van der Waals surface area contributed by atoms with Crippen LogP contribution in [0.3, 0.4) is 0 Å². The van der Waals surface area contributed by atoms with E-state index in [1.54, 1.807) is 12.1 Å². The van der Waals surface area contributed by atoms with Gasteiger partial charge in [0.15, 0.2) is 0 Å². The van der Waals surface area contributed by atoms with Gasteiger partial charge >= 0.3 is 18.2 Å². The Morgan fingerprint density at radius 1 is 1.15 bits per heavy atom. The summed E-state index contributed by atoms with van der Waals surface area (Å²) < 4.78 is 46.0. The molecule has 2 amide bonds. The molecular weight excluding hydrogens is 537 g/mol. The molecule has 1 atom stereocenters. The van der Waals surface area contributed by atoms with E-state index >= 15 is 0 Å². The van der Waals surface area contributed by atoms with Crippen LogP contribution in [0.2, 0.25) is 0 Å². The lowest BCUT2D eigenvalue weighted by Crippen LogP contribution is -2.55. The first-order chi connectivity index (χ1) is 19.1. The van der Waals surface area contributed by atoms with Crippen LogP contribution < -0.4 is 10.6 Å². The number of nitriles is 1. The highest BCUT2D eigenvalue weighted by Gasteiger charge is 2.44. The van der Waals surface area contributed by atoms with Gasteiger partial charge in [0.2, 0.25) is 5.96 Å². The van der Waals surface area contributed by atoms with Crippen LogP contribution in [0, 0.1) is 16.7 Å². The molecule has 3 N–H and O–H groups in total. The molecule has 0 bridgehead atoms. The number of anilines is 1. The summed E-state index contributed by atoms with van der Waals surface area (Å²) in [5.74, 6) is -1.39. The Labute approximate surface area is 238 Å². The van der Waals surface area contributed by atoms with E-state index in [0.29, 0.717) is 34.1 Å². The Bertz CT molecular complexity index is 1390. The molecule has 0 saturated heterocycles. The number of hydrogen-bond donors (Lipinski definition) is 2. The van der Waals surface area contributed by atoms with Gasteiger partial charge in [-0.15, -0.1) is 0 Å². The molecule has 0 fully saturated rings. The van der Waals surface area contributed by atoms with E-state index in [9.17, 15) is 28.0 Å². The summed E-state index contributed by atoms with van der Waals surface area (Å²) >= 11 is 0. The molecule has 0 unspecified atom stereocenters. The third-order valence-corrected chi connectivity index (χ3v) is 6.39. The van der Waals surface area contributed by atoms with Crippen molar-refractivity contribution < 1.29 is 32.0 Å². The van der Waals surface area contributed by atoms with Crippen LogP contribution in [-0.2, 0) is 22.1 Å². The number of guanidine groups is 1. The van der Waals surface area contributed by atoms with Gasteiger partial charge in [-0.3, -0.25) is 15.2 Å². The number of benzene rings is 2. The minimum atomic E-state index is -4.66. The molecule has 1 heterocycles. The van der Waals surface area contributed by atoms with Gasteiger partial charge in [0.05, 0.1) is 57.6 Å². The molecule has 0 saturated carbocycles. The summed E-state index contributed by atoms with van der Waals surface area (Å²) in [5.41, 5.74) is 6.12. The van der Waals surface area contributed by atoms with E-state index in [-0.39, 0.29) is 17.0 Å². The number of rotatable bonds is 6. The Kier molecular flexibility index (Phi) is 10.3. The number of urea groups is 1. The molecule has 2 aromatic carbocycles. The highest BCUT2D eigenvalue weighted by atomic mass is 19.4. The zero-order chi connectivity index (χ0) is 31.3. The lowest BCUT2D eigenvalue weighted by atomic mass is 9.87. The lowest BCUT2D eigenvalue weighted by Gasteiger charge is -2.43. The standard InChI is InChI=1S/C27H29F3N6O3.C2H6/c1-16-22(24(37)39-5)23(21-10-9-17(15-31)13-18(21)11-12-36(2,3)4)35(26(33)38)25(32)34(16)20-8-6-7-19(14-20)27(28,29)30;1-2/h6-10,13-14,23,32H,11-12H2,1-5H3,(H-,33,38);1-2H3/p+1/t23-;/m1./s1. The largest absolute Gasteiger partial charge is 0.466 e. The van der Waals surface area contributed by atoms with Gasteiger partial charge in [-0.1, -0.05) is 26.0 Å². The molecule has 12 heteroatoms. The lowest BCUT2D eigenvalue weighted by molar-refractivity contribution is -0.870. The minimum absolute atomic E-state index is 0.0825. The zero-order valence-corrected chi connectivity index (χ0v) is 24.3. The molecule has 0 aliphatic carbocycles. The monoisotopic (exact) mass is 573 g/mol. The first-order valence-corrected chi connectivity index (χ1v) is 12.9. The number of likely N-dealkylation sites (N-methyl/N-ethyl adjacent to an activating group) is 1. The molecule has 0 aromatic heterocycles. The van der Waals surface area contributed by atoms with E-state index in [2.05, 4.69) is 6.07 Å². The normalized spacial score (nSPS) is 15.6. The molecule has 2 aromatic rings. The number of alkyl halides is 3. The maximum atomic E-state index is 13.5. The predicted octanol–water partition coefficient (Wildman–Crippen LogP) is 5.18. The van der Waals surface area contributed by atoms with Crippen LogP contribution in [0.15, 0.2) is 53.7 Å². The van der Waals surface area contributed by atoms with Crippen molar-refractivity contribution in [2.75, 3.05) is 39.7 Å². The number of nitrogens with zero attached hydrogens (tertiary/aromatic N) is 4. The fourth-order valence-electron chi connectivity index (χ4n) is 4.48. The number of amides is 2. The fourth-order valence-corrected chi connectivity index (χ4v) is 4.48. The smallest absolute Gasteiger partial charge is 0.416 e. The zero-order valence-electron chi connectivity index (χ0n) is 24.3. The van der Waals surface area contributed by atoms with Crippen LogP contribution in [0.5, 0.6) is 0 Å². The van der Waals surface area contributed by atoms with E-state index in [1.807, 2.05) is 35.0 Å². The van der Waals surface area contributed by atoms with E-state index in [4.69, 9.17) is 15.9 Å². The number of nitrogens with one attached hydrogen (secondary N) is 1. The number of ether oxygens (including phenoxy) is 1. The van der Waals surface area contributed by atoms with Crippen molar-refractivity contribution in [1.29, 1.82) is 10.7 Å². The van der Waals surface area contributed by atoms with Crippen molar-refractivity contribution >= 4 is 23.6 Å². The van der Waals surface area contributed by atoms with Crippen molar-refractivity contribution in [3.05, 3.63) is 76.0 Å². The molecule has 220 valence electrons. The van der Waals surface area contributed by atoms with Crippen LogP contribution in [0.4, 0.5) is 23.7 Å². The summed E-state index contributed by atoms with van der Waals surface area (Å²) in [6.07, 6.45) is -4.21. The second kappa shape index (κ2) is 12.9. The van der Waals surface area contributed by atoms with Gasteiger partial charge in [-0.2, -0.15) is 18.4 Å². The average molecular weight is 574 g/mol. The Morgan fingerprint density at radius 3 is 2.29 bits per heavy atom. The van der Waals surface area contributed by atoms with Crippen molar-refractivity contribution in [3.63, 3.8) is 0 Å². The molecule has 1 aliphatic rings. The number of quaternary nitrogens is 1. The number of carbonyl (C=O) groups excluding carboxylic acids is 2. The number of allylic oxidation sites excluding steroid dienone is 1. The summed E-state index contributed by atoms with van der Waals surface area (Å²) in [6.45, 7) is 6.09. The maximum absolute atomic E-state index is 13.5. The molecule has 41 heavy (non-hydrogen) atoms. The Balaban J connectivity index is 0.00000287. The van der Waals surface area contributed by atoms with E-state index < -0.39 is 35.7 Å². The Hall–Kier alpha value is -4.37. The average Bonchev–Trinajstić information content (AvgIpc) is 2.91. The molecule has 3 rings (SSSR count). The number of nitrogens with two attached hydrogens (primary N) is 1. The second-order valence-electron chi connectivity index (χ2n) is 10.1. The SMILES string of the molecule is CC.COC(=O)C1=C(C)N(c2cccc(C(F)(F)F)c2)C(=N)N(C(N)=O)[C@@H]1c1ccc(C#N)cc1CC[N+](C)(C)C. The fraction of sp³-hybridized carbons (Fsp3) is 0.379. The van der Waals surface area contributed by atoms with Gasteiger partial charge in [-0.05, 0) is 48.4 Å². The summed E-state index contributed by atoms with van der Waals surface area (Å²) in [7, 11) is 7.09. The summed E-state index contributed by atoms with van der Waals surface area (Å²) in [5, 5.41) is 18.4. The molecule has 0 spiro atoms.